The summed E-state index contributed by atoms with van der Waals surface area (Å²) in [5, 5.41) is 24.0. The van der Waals surface area contributed by atoms with Gasteiger partial charge in [-0.05, 0) is 30.7 Å². The molecule has 0 saturated heterocycles. The number of carboxylic acid groups (broad SMARTS) is 1. The van der Waals surface area contributed by atoms with Gasteiger partial charge in [0.15, 0.2) is 0 Å². The highest BCUT2D eigenvalue weighted by Gasteiger charge is 2.15. The maximum Gasteiger partial charge on any atom is 0.353 e. The van der Waals surface area contributed by atoms with Crippen molar-refractivity contribution in [2.75, 3.05) is 0 Å². The zero-order chi connectivity index (χ0) is 12.6. The average molecular weight is 236 g/mol. The summed E-state index contributed by atoms with van der Waals surface area (Å²) in [6.45, 7) is 1.50. The lowest BCUT2D eigenvalue weighted by Crippen LogP contribution is -1.95. The van der Waals surface area contributed by atoms with E-state index in [0.29, 0.717) is 0 Å². The topological polar surface area (TPSA) is 86.2 Å². The van der Waals surface area contributed by atoms with Crippen LogP contribution < -0.4 is 0 Å². The molecule has 0 unspecified atom stereocenters. The minimum atomic E-state index is -1.18. The third kappa shape index (κ3) is 1.96. The first kappa shape index (κ1) is 11.1. The Hall–Kier alpha value is -2.37. The van der Waals surface area contributed by atoms with Gasteiger partial charge in [0, 0.05) is 5.56 Å². The number of hydrogen-bond acceptors (Lipinski definition) is 3. The first-order valence-corrected chi connectivity index (χ1v) is 4.77. The lowest BCUT2D eigenvalue weighted by Gasteiger charge is -2.03. The molecule has 0 atom stereocenters. The van der Waals surface area contributed by atoms with E-state index < -0.39 is 11.8 Å². The van der Waals surface area contributed by atoms with Gasteiger partial charge in [-0.2, -0.15) is 5.10 Å². The van der Waals surface area contributed by atoms with Crippen LogP contribution in [0.1, 0.15) is 16.1 Å². The number of aromatic amines is 1. The second-order valence-corrected chi connectivity index (χ2v) is 3.60. The highest BCUT2D eigenvalue weighted by atomic mass is 19.1. The monoisotopic (exact) mass is 236 g/mol. The fraction of sp³-hybridized carbons (Fsp3) is 0.0909. The number of aromatic hydroxyl groups is 1. The van der Waals surface area contributed by atoms with Gasteiger partial charge in [0.1, 0.15) is 17.3 Å². The van der Waals surface area contributed by atoms with Crippen molar-refractivity contribution in [3.63, 3.8) is 0 Å². The minimum Gasteiger partial charge on any atom is -0.508 e. The Bertz CT molecular complexity index is 592. The maximum absolute atomic E-state index is 13.8. The van der Waals surface area contributed by atoms with Crippen LogP contribution in [0.5, 0.6) is 5.75 Å². The van der Waals surface area contributed by atoms with Crippen LogP contribution in [-0.4, -0.2) is 26.4 Å². The number of aryl methyl sites for hydroxylation is 1. The van der Waals surface area contributed by atoms with Crippen molar-refractivity contribution in [1.29, 1.82) is 0 Å². The predicted molar refractivity (Wildman–Crippen MR) is 57.3 cm³/mol. The van der Waals surface area contributed by atoms with Crippen LogP contribution >= 0.6 is 0 Å². The third-order valence-electron chi connectivity index (χ3n) is 2.32. The predicted octanol–water partition coefficient (Wildman–Crippen LogP) is 1.93. The summed E-state index contributed by atoms with van der Waals surface area (Å²) in [5.74, 6) is -1.81. The third-order valence-corrected chi connectivity index (χ3v) is 2.32. The number of phenolic OH excluding ortho intramolecular Hbond substituents is 1. The van der Waals surface area contributed by atoms with Crippen molar-refractivity contribution in [1.82, 2.24) is 10.2 Å². The second kappa shape index (κ2) is 3.89. The minimum absolute atomic E-state index is 0.0613. The summed E-state index contributed by atoms with van der Waals surface area (Å²) in [7, 11) is 0. The van der Waals surface area contributed by atoms with Crippen molar-refractivity contribution in [3.05, 3.63) is 35.3 Å². The van der Waals surface area contributed by atoms with Gasteiger partial charge < -0.3 is 10.2 Å². The lowest BCUT2D eigenvalue weighted by atomic mass is 10.1. The Balaban J connectivity index is 2.56. The van der Waals surface area contributed by atoms with E-state index >= 15 is 0 Å². The van der Waals surface area contributed by atoms with Gasteiger partial charge in [-0.3, -0.25) is 5.10 Å². The number of carboxylic acids is 1. The number of rotatable bonds is 2. The molecule has 0 bridgehead atoms. The number of carbonyl (C=O) groups is 1. The van der Waals surface area contributed by atoms with Crippen molar-refractivity contribution < 1.29 is 19.4 Å². The number of nitrogens with zero attached hydrogens (tertiary/aromatic N) is 1. The molecule has 3 N–H and O–H groups in total. The maximum atomic E-state index is 13.8. The molecular weight excluding hydrogens is 227 g/mol. The number of hydrogen-bond donors (Lipinski definition) is 3. The molecular formula is C11H9FN2O3. The smallest absolute Gasteiger partial charge is 0.353 e. The van der Waals surface area contributed by atoms with Crippen LogP contribution in [0, 0.1) is 12.7 Å². The van der Waals surface area contributed by atoms with Crippen molar-refractivity contribution in [3.8, 4) is 17.0 Å². The Morgan fingerprint density at radius 3 is 2.71 bits per heavy atom. The first-order chi connectivity index (χ1) is 7.99. The van der Waals surface area contributed by atoms with Gasteiger partial charge in [0.25, 0.3) is 0 Å². The average Bonchev–Trinajstić information content (AvgIpc) is 2.72. The molecule has 0 aliphatic carbocycles. The van der Waals surface area contributed by atoms with Crippen LogP contribution in [0.25, 0.3) is 11.3 Å². The van der Waals surface area contributed by atoms with E-state index in [1.54, 1.807) is 0 Å². The quantitative estimate of drug-likeness (QED) is 0.743. The van der Waals surface area contributed by atoms with Crippen molar-refractivity contribution in [2.45, 2.75) is 6.92 Å². The summed E-state index contributed by atoms with van der Waals surface area (Å²) in [4.78, 5) is 10.6. The summed E-state index contributed by atoms with van der Waals surface area (Å²) < 4.78 is 13.8. The number of benzene rings is 1. The van der Waals surface area contributed by atoms with Crippen LogP contribution in [0.2, 0.25) is 0 Å². The zero-order valence-corrected chi connectivity index (χ0v) is 8.86. The largest absolute Gasteiger partial charge is 0.508 e. The highest BCUT2D eigenvalue weighted by molar-refractivity contribution is 5.86. The standard InChI is InChI=1S/C11H9FN2O3/c1-5-2-6(15)3-7(10(5)12)8-4-9(11(16)17)14-13-8/h2-4,15H,1H3,(H,13,14)(H,16,17). The van der Waals surface area contributed by atoms with Crippen LogP contribution in [-0.2, 0) is 0 Å². The fourth-order valence-electron chi connectivity index (χ4n) is 1.51. The summed E-state index contributed by atoms with van der Waals surface area (Å²) in [6, 6.07) is 3.69. The number of nitrogens with one attached hydrogen (secondary N) is 1. The van der Waals surface area contributed by atoms with Gasteiger partial charge in [-0.15, -0.1) is 0 Å². The van der Waals surface area contributed by atoms with E-state index in [1.165, 1.54) is 25.1 Å². The van der Waals surface area contributed by atoms with E-state index in [0.717, 1.165) is 0 Å². The number of aromatic carboxylic acids is 1. The first-order valence-electron chi connectivity index (χ1n) is 4.77. The summed E-state index contributed by atoms with van der Waals surface area (Å²) in [6.07, 6.45) is 0. The fourth-order valence-corrected chi connectivity index (χ4v) is 1.51. The number of halogens is 1. The normalized spacial score (nSPS) is 10.5. The van der Waals surface area contributed by atoms with E-state index in [1.807, 2.05) is 0 Å². The van der Waals surface area contributed by atoms with E-state index in [-0.39, 0.29) is 28.3 Å². The molecule has 1 heterocycles. The van der Waals surface area contributed by atoms with Crippen LogP contribution in [0.15, 0.2) is 18.2 Å². The number of aromatic nitrogens is 2. The molecule has 1 aromatic carbocycles. The molecule has 2 rings (SSSR count). The van der Waals surface area contributed by atoms with Gasteiger partial charge in [0.2, 0.25) is 0 Å². The number of phenols is 1. The van der Waals surface area contributed by atoms with Gasteiger partial charge in [-0.1, -0.05) is 0 Å². The van der Waals surface area contributed by atoms with Gasteiger partial charge in [-0.25, -0.2) is 9.18 Å². The van der Waals surface area contributed by atoms with E-state index in [9.17, 15) is 14.3 Å². The van der Waals surface area contributed by atoms with Gasteiger partial charge in [0.05, 0.1) is 5.69 Å². The Labute approximate surface area is 95.5 Å². The molecule has 1 aromatic heterocycles. The summed E-state index contributed by atoms with van der Waals surface area (Å²) >= 11 is 0. The lowest BCUT2D eigenvalue weighted by molar-refractivity contribution is 0.0690. The molecule has 2 aromatic rings. The Kier molecular flexibility index (Phi) is 2.55. The summed E-state index contributed by atoms with van der Waals surface area (Å²) in [5.41, 5.74) is 0.324. The SMILES string of the molecule is Cc1cc(O)cc(-c2cc(C(=O)O)[nH]n2)c1F. The van der Waals surface area contributed by atoms with Crippen molar-refractivity contribution >= 4 is 5.97 Å². The van der Waals surface area contributed by atoms with Gasteiger partial charge >= 0.3 is 5.97 Å². The molecule has 0 radical (unpaired) electrons. The van der Waals surface area contributed by atoms with E-state index in [4.69, 9.17) is 5.11 Å². The molecule has 0 spiro atoms. The highest BCUT2D eigenvalue weighted by Crippen LogP contribution is 2.28. The molecule has 0 saturated carbocycles. The molecule has 88 valence electrons. The molecule has 0 aliphatic heterocycles. The van der Waals surface area contributed by atoms with Crippen LogP contribution in [0.3, 0.4) is 0 Å². The molecule has 5 nitrogen and oxygen atoms in total. The molecule has 0 aliphatic rings. The number of H-pyrrole nitrogens is 1. The molecule has 17 heavy (non-hydrogen) atoms. The van der Waals surface area contributed by atoms with E-state index in [2.05, 4.69) is 10.2 Å². The molecule has 0 amide bonds. The molecule has 0 fully saturated rings. The Morgan fingerprint density at radius 2 is 2.12 bits per heavy atom. The van der Waals surface area contributed by atoms with Crippen LogP contribution in [0.4, 0.5) is 4.39 Å². The molecule has 6 heteroatoms. The zero-order valence-electron chi connectivity index (χ0n) is 8.86. The Morgan fingerprint density at radius 1 is 1.41 bits per heavy atom. The van der Waals surface area contributed by atoms with Crippen molar-refractivity contribution in [2.24, 2.45) is 0 Å². The second-order valence-electron chi connectivity index (χ2n) is 3.60.